The van der Waals surface area contributed by atoms with Gasteiger partial charge in [0.05, 0.1) is 6.61 Å². The molecule has 1 atom stereocenters. The lowest BCUT2D eigenvalue weighted by atomic mass is 10.1. The fourth-order valence-corrected chi connectivity index (χ4v) is 2.00. The molecule has 0 aliphatic heterocycles. The molecule has 0 saturated heterocycles. The fourth-order valence-electron chi connectivity index (χ4n) is 2.00. The molecule has 1 aromatic heterocycles. The molecule has 0 bridgehead atoms. The van der Waals surface area contributed by atoms with Crippen LogP contribution in [0.2, 0.25) is 0 Å². The largest absolute Gasteiger partial charge is 0.504 e. The highest BCUT2D eigenvalue weighted by molar-refractivity contribution is 5.45. The van der Waals surface area contributed by atoms with Crippen LogP contribution in [-0.4, -0.2) is 16.7 Å². The van der Waals surface area contributed by atoms with Crippen molar-refractivity contribution < 1.29 is 9.84 Å². The Morgan fingerprint density at radius 3 is 2.85 bits per heavy atom. The Morgan fingerprint density at radius 1 is 1.30 bits per heavy atom. The molecule has 20 heavy (non-hydrogen) atoms. The number of pyridine rings is 1. The monoisotopic (exact) mass is 272 g/mol. The van der Waals surface area contributed by atoms with Gasteiger partial charge < -0.3 is 15.2 Å². The molecule has 0 aliphatic carbocycles. The van der Waals surface area contributed by atoms with Crippen LogP contribution < -0.4 is 10.1 Å². The Labute approximate surface area is 119 Å². The number of para-hydroxylation sites is 1. The molecule has 2 rings (SSSR count). The predicted molar refractivity (Wildman–Crippen MR) is 78.8 cm³/mol. The van der Waals surface area contributed by atoms with Crippen LogP contribution in [0.5, 0.6) is 11.5 Å². The third-order valence-electron chi connectivity index (χ3n) is 3.17. The summed E-state index contributed by atoms with van der Waals surface area (Å²) in [7, 11) is 0. The summed E-state index contributed by atoms with van der Waals surface area (Å²) in [4.78, 5) is 4.11. The number of nitrogens with one attached hydrogen (secondary N) is 1. The number of benzene rings is 1. The lowest BCUT2D eigenvalue weighted by molar-refractivity contribution is 0.316. The zero-order chi connectivity index (χ0) is 14.4. The second kappa shape index (κ2) is 6.91. The molecule has 4 nitrogen and oxygen atoms in total. The third kappa shape index (κ3) is 3.48. The number of hydrogen-bond acceptors (Lipinski definition) is 4. The molecule has 0 fully saturated rings. The van der Waals surface area contributed by atoms with Crippen molar-refractivity contribution in [1.29, 1.82) is 0 Å². The summed E-state index contributed by atoms with van der Waals surface area (Å²) in [6.07, 6.45) is 3.60. The zero-order valence-electron chi connectivity index (χ0n) is 11.8. The Balaban J connectivity index is 2.02. The molecular weight excluding hydrogens is 252 g/mol. The van der Waals surface area contributed by atoms with Crippen LogP contribution in [0, 0.1) is 0 Å². The number of aromatic hydroxyl groups is 1. The zero-order valence-corrected chi connectivity index (χ0v) is 11.8. The Kier molecular flexibility index (Phi) is 4.96. The van der Waals surface area contributed by atoms with Crippen molar-refractivity contribution in [2.75, 3.05) is 6.61 Å². The number of nitrogens with zero attached hydrogens (tertiary/aromatic N) is 1. The molecule has 106 valence electrons. The summed E-state index contributed by atoms with van der Waals surface area (Å²) in [6.45, 7) is 5.08. The number of phenolic OH excluding ortho intramolecular Hbond substituents is 1. The fraction of sp³-hybridized carbons (Fsp3) is 0.312. The predicted octanol–water partition coefficient (Wildman–Crippen LogP) is 3.04. The number of hydrogen-bond donors (Lipinski definition) is 2. The van der Waals surface area contributed by atoms with E-state index in [1.165, 1.54) is 0 Å². The van der Waals surface area contributed by atoms with Crippen molar-refractivity contribution in [3.8, 4) is 11.5 Å². The molecule has 0 radical (unpaired) electrons. The van der Waals surface area contributed by atoms with E-state index >= 15 is 0 Å². The molecule has 0 aliphatic rings. The van der Waals surface area contributed by atoms with Crippen LogP contribution in [0.4, 0.5) is 0 Å². The molecule has 2 N–H and O–H groups in total. The van der Waals surface area contributed by atoms with Gasteiger partial charge in [0.2, 0.25) is 0 Å². The van der Waals surface area contributed by atoms with Gasteiger partial charge in [-0.1, -0.05) is 18.2 Å². The van der Waals surface area contributed by atoms with Crippen LogP contribution in [0.1, 0.15) is 31.0 Å². The number of aromatic nitrogens is 1. The maximum atomic E-state index is 10.1. The van der Waals surface area contributed by atoms with E-state index in [1.54, 1.807) is 12.3 Å². The summed E-state index contributed by atoms with van der Waals surface area (Å²) in [5.41, 5.74) is 1.94. The molecule has 2 aromatic rings. The molecule has 0 spiro atoms. The lowest BCUT2D eigenvalue weighted by Crippen LogP contribution is -2.18. The average molecular weight is 272 g/mol. The molecule has 0 saturated carbocycles. The quantitative estimate of drug-likeness (QED) is 0.848. The first kappa shape index (κ1) is 14.3. The van der Waals surface area contributed by atoms with Gasteiger partial charge in [0, 0.05) is 30.5 Å². The smallest absolute Gasteiger partial charge is 0.162 e. The number of ether oxygens (including phenoxy) is 1. The minimum absolute atomic E-state index is 0.166. The summed E-state index contributed by atoms with van der Waals surface area (Å²) in [5, 5.41) is 13.5. The van der Waals surface area contributed by atoms with Crippen LogP contribution in [-0.2, 0) is 6.54 Å². The second-order valence-electron chi connectivity index (χ2n) is 4.59. The maximum absolute atomic E-state index is 10.1. The highest BCUT2D eigenvalue weighted by Gasteiger charge is 2.10. The van der Waals surface area contributed by atoms with Gasteiger partial charge >= 0.3 is 0 Å². The Bertz CT molecular complexity index is 543. The van der Waals surface area contributed by atoms with Gasteiger partial charge in [-0.25, -0.2) is 0 Å². The minimum Gasteiger partial charge on any atom is -0.504 e. The van der Waals surface area contributed by atoms with E-state index in [0.29, 0.717) is 18.9 Å². The highest BCUT2D eigenvalue weighted by Crippen LogP contribution is 2.30. The second-order valence-corrected chi connectivity index (χ2v) is 4.59. The van der Waals surface area contributed by atoms with E-state index in [1.807, 2.05) is 37.4 Å². The SMILES string of the molecule is CCOc1cccc(CN[C@H](C)c2cccnc2)c1O. The van der Waals surface area contributed by atoms with Crippen LogP contribution in [0.25, 0.3) is 0 Å². The van der Waals surface area contributed by atoms with E-state index in [4.69, 9.17) is 4.74 Å². The van der Waals surface area contributed by atoms with E-state index in [2.05, 4.69) is 17.2 Å². The van der Waals surface area contributed by atoms with Gasteiger partial charge in [0.15, 0.2) is 11.5 Å². The summed E-state index contributed by atoms with van der Waals surface area (Å²) < 4.78 is 5.38. The summed E-state index contributed by atoms with van der Waals surface area (Å²) >= 11 is 0. The maximum Gasteiger partial charge on any atom is 0.162 e. The van der Waals surface area contributed by atoms with Gasteiger partial charge in [-0.2, -0.15) is 0 Å². The third-order valence-corrected chi connectivity index (χ3v) is 3.17. The highest BCUT2D eigenvalue weighted by atomic mass is 16.5. The standard InChI is InChI=1S/C16H20N2O2/c1-3-20-15-8-4-6-14(16(15)19)11-18-12(2)13-7-5-9-17-10-13/h4-10,12,18-19H,3,11H2,1-2H3/t12-/m1/s1. The number of rotatable bonds is 6. The first-order chi connectivity index (χ1) is 9.72. The Hall–Kier alpha value is -2.07. The van der Waals surface area contributed by atoms with Gasteiger partial charge in [0.1, 0.15) is 0 Å². The van der Waals surface area contributed by atoms with Gasteiger partial charge in [0.25, 0.3) is 0 Å². The summed E-state index contributed by atoms with van der Waals surface area (Å²) in [5.74, 6) is 0.737. The van der Waals surface area contributed by atoms with Crippen molar-refractivity contribution >= 4 is 0 Å². The van der Waals surface area contributed by atoms with Crippen molar-refractivity contribution in [2.45, 2.75) is 26.4 Å². The van der Waals surface area contributed by atoms with Crippen molar-refractivity contribution in [3.63, 3.8) is 0 Å². The van der Waals surface area contributed by atoms with E-state index in [9.17, 15) is 5.11 Å². The van der Waals surface area contributed by atoms with Crippen LogP contribution in [0.15, 0.2) is 42.7 Å². The van der Waals surface area contributed by atoms with Crippen LogP contribution >= 0.6 is 0 Å². The van der Waals surface area contributed by atoms with Crippen molar-refractivity contribution in [2.24, 2.45) is 0 Å². The molecule has 0 unspecified atom stereocenters. The topological polar surface area (TPSA) is 54.4 Å². The lowest BCUT2D eigenvalue weighted by Gasteiger charge is -2.15. The van der Waals surface area contributed by atoms with Gasteiger partial charge in [-0.05, 0) is 31.5 Å². The van der Waals surface area contributed by atoms with E-state index in [0.717, 1.165) is 11.1 Å². The molecule has 1 heterocycles. The average Bonchev–Trinajstić information content (AvgIpc) is 2.49. The Morgan fingerprint density at radius 2 is 2.15 bits per heavy atom. The molecule has 0 amide bonds. The molecule has 4 heteroatoms. The van der Waals surface area contributed by atoms with E-state index < -0.39 is 0 Å². The first-order valence-corrected chi connectivity index (χ1v) is 6.79. The van der Waals surface area contributed by atoms with Crippen molar-refractivity contribution in [3.05, 3.63) is 53.9 Å². The molecule has 1 aromatic carbocycles. The van der Waals surface area contributed by atoms with Crippen LogP contribution in [0.3, 0.4) is 0 Å². The normalized spacial score (nSPS) is 12.1. The van der Waals surface area contributed by atoms with Gasteiger partial charge in [-0.15, -0.1) is 0 Å². The van der Waals surface area contributed by atoms with E-state index in [-0.39, 0.29) is 11.8 Å². The first-order valence-electron chi connectivity index (χ1n) is 6.79. The van der Waals surface area contributed by atoms with Gasteiger partial charge in [-0.3, -0.25) is 4.98 Å². The number of phenols is 1. The minimum atomic E-state index is 0.166. The van der Waals surface area contributed by atoms with Crippen molar-refractivity contribution in [1.82, 2.24) is 10.3 Å². The molecular formula is C16H20N2O2. The summed E-state index contributed by atoms with van der Waals surface area (Å²) in [6, 6.07) is 9.66.